The van der Waals surface area contributed by atoms with Gasteiger partial charge in [0.05, 0.1) is 25.9 Å². The van der Waals surface area contributed by atoms with Crippen molar-refractivity contribution in [3.05, 3.63) is 18.0 Å². The van der Waals surface area contributed by atoms with Gasteiger partial charge in [0.1, 0.15) is 6.10 Å². The maximum atomic E-state index is 12.4. The number of hydrogen-bond donors (Lipinski definition) is 1. The molecule has 0 amide bonds. The van der Waals surface area contributed by atoms with Crippen LogP contribution in [-0.2, 0) is 11.8 Å². The molecule has 2 rings (SSSR count). The van der Waals surface area contributed by atoms with Gasteiger partial charge >= 0.3 is 6.18 Å². The van der Waals surface area contributed by atoms with Gasteiger partial charge in [-0.05, 0) is 26.9 Å². The van der Waals surface area contributed by atoms with Gasteiger partial charge in [0.2, 0.25) is 0 Å². The Morgan fingerprint density at radius 3 is 2.82 bits per heavy atom. The summed E-state index contributed by atoms with van der Waals surface area (Å²) < 4.78 is 44.7. The summed E-state index contributed by atoms with van der Waals surface area (Å²) >= 11 is 0. The normalized spacial score (nSPS) is 18.3. The quantitative estimate of drug-likeness (QED) is 0.260. The fourth-order valence-corrected chi connectivity index (χ4v) is 2.99. The maximum absolute atomic E-state index is 12.4. The van der Waals surface area contributed by atoms with Crippen molar-refractivity contribution in [2.45, 2.75) is 25.6 Å². The largest absolute Gasteiger partial charge is 0.401 e. The Bertz CT molecular complexity index is 610. The lowest BCUT2D eigenvalue weighted by Crippen LogP contribution is -2.48. The molecule has 0 saturated carbocycles. The van der Waals surface area contributed by atoms with Crippen LogP contribution in [-0.4, -0.2) is 84.6 Å². The Kier molecular flexibility index (Phi) is 10.5. The van der Waals surface area contributed by atoms with Crippen LogP contribution in [0.4, 0.5) is 13.2 Å². The summed E-state index contributed by atoms with van der Waals surface area (Å²) in [5, 5.41) is 7.45. The number of nitrogens with one attached hydrogen (secondary N) is 1. The molecule has 1 aliphatic heterocycles. The molecule has 1 aromatic rings. The summed E-state index contributed by atoms with van der Waals surface area (Å²) in [6.07, 6.45) is 0.0674. The van der Waals surface area contributed by atoms with Crippen molar-refractivity contribution < 1.29 is 17.9 Å². The highest BCUT2D eigenvalue weighted by Gasteiger charge is 2.29. The van der Waals surface area contributed by atoms with E-state index in [9.17, 15) is 13.2 Å². The zero-order valence-electron chi connectivity index (χ0n) is 16.6. The summed E-state index contributed by atoms with van der Waals surface area (Å²) in [5.74, 6) is 0.771. The van der Waals surface area contributed by atoms with E-state index in [1.165, 1.54) is 11.9 Å². The molecule has 28 heavy (non-hydrogen) atoms. The molecule has 0 bridgehead atoms. The Balaban J connectivity index is 0.00000392. The molecule has 162 valence electrons. The molecule has 7 nitrogen and oxygen atoms in total. The van der Waals surface area contributed by atoms with Crippen molar-refractivity contribution in [1.29, 1.82) is 0 Å². The number of alkyl halides is 3. The molecular weight excluding hydrogens is 488 g/mol. The van der Waals surface area contributed by atoms with Gasteiger partial charge in [-0.3, -0.25) is 14.6 Å². The molecule has 0 aromatic carbocycles. The van der Waals surface area contributed by atoms with Crippen molar-refractivity contribution in [1.82, 2.24) is 24.9 Å². The third-order valence-corrected chi connectivity index (χ3v) is 4.21. The summed E-state index contributed by atoms with van der Waals surface area (Å²) in [7, 11) is 3.34. The number of aliphatic imine (C=N–C) groups is 1. The van der Waals surface area contributed by atoms with Gasteiger partial charge in [-0.25, -0.2) is 0 Å². The lowest BCUT2D eigenvalue weighted by Gasteiger charge is -2.34. The first-order valence-corrected chi connectivity index (χ1v) is 9.17. The first kappa shape index (κ1) is 25.0. The van der Waals surface area contributed by atoms with Crippen LogP contribution in [0.25, 0.3) is 0 Å². The van der Waals surface area contributed by atoms with Crippen molar-refractivity contribution in [3.8, 4) is 0 Å². The minimum absolute atomic E-state index is 0. The highest BCUT2D eigenvalue weighted by molar-refractivity contribution is 14.0. The van der Waals surface area contributed by atoms with E-state index in [1.54, 1.807) is 10.9 Å². The molecule has 1 aliphatic rings. The molecule has 1 aromatic heterocycles. The van der Waals surface area contributed by atoms with Gasteiger partial charge in [-0.2, -0.15) is 18.3 Å². The van der Waals surface area contributed by atoms with Crippen LogP contribution >= 0.6 is 24.0 Å². The Morgan fingerprint density at radius 1 is 1.46 bits per heavy atom. The summed E-state index contributed by atoms with van der Waals surface area (Å²) in [6, 6.07) is 0. The highest BCUT2D eigenvalue weighted by atomic mass is 127. The predicted octanol–water partition coefficient (Wildman–Crippen LogP) is 2.26. The second-order valence-corrected chi connectivity index (χ2v) is 6.69. The molecule has 1 saturated heterocycles. The zero-order valence-corrected chi connectivity index (χ0v) is 18.9. The lowest BCUT2D eigenvalue weighted by molar-refractivity contribution is -0.143. The average Bonchev–Trinajstić information content (AvgIpc) is 3.03. The first-order chi connectivity index (χ1) is 12.8. The Morgan fingerprint density at radius 2 is 2.21 bits per heavy atom. The average molecular weight is 518 g/mol. The molecular formula is C17H30F3IN6O. The van der Waals surface area contributed by atoms with Gasteiger partial charge in [0, 0.05) is 38.4 Å². The number of guanidine groups is 1. The van der Waals surface area contributed by atoms with E-state index >= 15 is 0 Å². The predicted molar refractivity (Wildman–Crippen MR) is 113 cm³/mol. The number of morpholine rings is 1. The lowest BCUT2D eigenvalue weighted by atomic mass is 10.1. The Hall–Kier alpha value is -1.08. The standard InChI is InChI=1S/C17H29F3N6O.HI/c1-4-21-16(22-6-5-7-24(2)13-17(18,19)20)26-8-9-27-15(12-26)14-10-23-25(3)11-14;/h10-11,15H,4-9,12-13H2,1-3H3,(H,21,22);1H. The third kappa shape index (κ3) is 8.52. The van der Waals surface area contributed by atoms with E-state index in [4.69, 9.17) is 4.74 Å². The highest BCUT2D eigenvalue weighted by Crippen LogP contribution is 2.21. The van der Waals surface area contributed by atoms with Crippen molar-refractivity contribution in [2.24, 2.45) is 12.0 Å². The molecule has 1 N–H and O–H groups in total. The van der Waals surface area contributed by atoms with Crippen LogP contribution in [0.3, 0.4) is 0 Å². The first-order valence-electron chi connectivity index (χ1n) is 9.17. The second-order valence-electron chi connectivity index (χ2n) is 6.69. The molecule has 1 atom stereocenters. The molecule has 0 aliphatic carbocycles. The molecule has 11 heteroatoms. The summed E-state index contributed by atoms with van der Waals surface area (Å²) in [4.78, 5) is 7.99. The topological polar surface area (TPSA) is 57.9 Å². The van der Waals surface area contributed by atoms with E-state index in [0.717, 1.165) is 24.6 Å². The van der Waals surface area contributed by atoms with E-state index in [2.05, 4.69) is 20.3 Å². The SMILES string of the molecule is CCNC(=NCCCN(C)CC(F)(F)F)N1CCOC(c2cnn(C)c2)C1.I. The number of ether oxygens (including phenoxy) is 1. The van der Waals surface area contributed by atoms with Gasteiger partial charge < -0.3 is 15.0 Å². The van der Waals surface area contributed by atoms with E-state index in [1.807, 2.05) is 20.2 Å². The number of nitrogens with zero attached hydrogens (tertiary/aromatic N) is 5. The molecule has 0 spiro atoms. The fraction of sp³-hybridized carbons (Fsp3) is 0.765. The summed E-state index contributed by atoms with van der Waals surface area (Å²) in [5.41, 5.74) is 1.02. The van der Waals surface area contributed by atoms with Crippen molar-refractivity contribution >= 4 is 29.9 Å². The van der Waals surface area contributed by atoms with Gasteiger partial charge in [-0.1, -0.05) is 0 Å². The van der Waals surface area contributed by atoms with Gasteiger partial charge in [-0.15, -0.1) is 24.0 Å². The van der Waals surface area contributed by atoms with Crippen LogP contribution in [0.15, 0.2) is 17.4 Å². The smallest absolute Gasteiger partial charge is 0.370 e. The third-order valence-electron chi connectivity index (χ3n) is 4.21. The number of hydrogen-bond acceptors (Lipinski definition) is 4. The van der Waals surface area contributed by atoms with E-state index in [0.29, 0.717) is 32.7 Å². The van der Waals surface area contributed by atoms with Gasteiger partial charge in [0.25, 0.3) is 0 Å². The summed E-state index contributed by atoms with van der Waals surface area (Å²) in [6.45, 7) is 4.60. The van der Waals surface area contributed by atoms with Crippen molar-refractivity contribution in [3.63, 3.8) is 0 Å². The van der Waals surface area contributed by atoms with E-state index in [-0.39, 0.29) is 30.1 Å². The minimum Gasteiger partial charge on any atom is -0.370 e. The number of aryl methyl sites for hydroxylation is 1. The number of aromatic nitrogens is 2. The monoisotopic (exact) mass is 518 g/mol. The fourth-order valence-electron chi connectivity index (χ4n) is 2.99. The van der Waals surface area contributed by atoms with Crippen LogP contribution in [0.2, 0.25) is 0 Å². The maximum Gasteiger partial charge on any atom is 0.401 e. The van der Waals surface area contributed by atoms with Crippen molar-refractivity contribution in [2.75, 3.05) is 52.9 Å². The van der Waals surface area contributed by atoms with Crippen LogP contribution < -0.4 is 5.32 Å². The second kappa shape index (κ2) is 11.8. The van der Waals surface area contributed by atoms with Crippen LogP contribution in [0.5, 0.6) is 0 Å². The van der Waals surface area contributed by atoms with E-state index < -0.39 is 12.7 Å². The van der Waals surface area contributed by atoms with Gasteiger partial charge in [0.15, 0.2) is 5.96 Å². The Labute approximate surface area is 181 Å². The number of halogens is 4. The molecule has 2 heterocycles. The molecule has 1 unspecified atom stereocenters. The molecule has 0 radical (unpaired) electrons. The minimum atomic E-state index is -4.16. The van der Waals surface area contributed by atoms with Crippen LogP contribution in [0, 0.1) is 0 Å². The molecule has 1 fully saturated rings. The zero-order chi connectivity index (χ0) is 19.9. The van der Waals surface area contributed by atoms with Crippen LogP contribution in [0.1, 0.15) is 25.0 Å². The number of rotatable bonds is 7.